The Morgan fingerprint density at radius 1 is 1.47 bits per heavy atom. The van der Waals surface area contributed by atoms with Crippen molar-refractivity contribution >= 4 is 27.7 Å². The van der Waals surface area contributed by atoms with Gasteiger partial charge < -0.3 is 19.7 Å². The van der Waals surface area contributed by atoms with E-state index < -0.39 is 11.5 Å². The van der Waals surface area contributed by atoms with Crippen molar-refractivity contribution < 1.29 is 19.1 Å². The minimum absolute atomic E-state index is 0.129. The van der Waals surface area contributed by atoms with Gasteiger partial charge in [0.1, 0.15) is 0 Å². The van der Waals surface area contributed by atoms with E-state index in [9.17, 15) is 14.7 Å². The normalized spacial score (nSPS) is 11.2. The van der Waals surface area contributed by atoms with Crippen molar-refractivity contribution in [1.29, 1.82) is 0 Å². The maximum Gasteiger partial charge on any atom is 0.287 e. The summed E-state index contributed by atoms with van der Waals surface area (Å²) in [5.41, 5.74) is -0.972. The van der Waals surface area contributed by atoms with E-state index in [-0.39, 0.29) is 24.8 Å². The third-order valence-electron chi connectivity index (χ3n) is 2.25. The number of nitrogens with one attached hydrogen (secondary N) is 1. The van der Waals surface area contributed by atoms with Crippen molar-refractivity contribution in [2.45, 2.75) is 19.4 Å². The molecule has 6 nitrogen and oxygen atoms in total. The maximum absolute atomic E-state index is 11.7. The van der Waals surface area contributed by atoms with Crippen molar-refractivity contribution in [2.75, 3.05) is 20.1 Å². The van der Waals surface area contributed by atoms with Crippen LogP contribution in [0.5, 0.6) is 0 Å². The molecule has 1 heterocycles. The van der Waals surface area contributed by atoms with Gasteiger partial charge in [0, 0.05) is 13.6 Å². The van der Waals surface area contributed by atoms with Crippen LogP contribution in [-0.4, -0.2) is 47.6 Å². The lowest BCUT2D eigenvalue weighted by Gasteiger charge is -2.25. The van der Waals surface area contributed by atoms with Gasteiger partial charge in [-0.15, -0.1) is 0 Å². The van der Waals surface area contributed by atoms with E-state index in [0.29, 0.717) is 4.67 Å². The second-order valence-corrected chi connectivity index (χ2v) is 5.63. The zero-order valence-corrected chi connectivity index (χ0v) is 12.7. The van der Waals surface area contributed by atoms with Gasteiger partial charge in [0.05, 0.1) is 12.1 Å². The maximum atomic E-state index is 11.7. The molecule has 0 saturated carbocycles. The molecule has 7 heteroatoms. The third kappa shape index (κ3) is 5.44. The number of carbonyl (C=O) groups is 2. The Balaban J connectivity index is 2.44. The fraction of sp³-hybridized carbons (Fsp3) is 0.500. The Morgan fingerprint density at radius 3 is 2.58 bits per heavy atom. The fourth-order valence-corrected chi connectivity index (χ4v) is 1.79. The van der Waals surface area contributed by atoms with Gasteiger partial charge in [0.25, 0.3) is 5.91 Å². The van der Waals surface area contributed by atoms with E-state index in [4.69, 9.17) is 4.42 Å². The van der Waals surface area contributed by atoms with Gasteiger partial charge in [-0.25, -0.2) is 0 Å². The average molecular weight is 333 g/mol. The number of amides is 2. The second-order valence-electron chi connectivity index (χ2n) is 4.85. The molecule has 0 saturated heterocycles. The molecule has 19 heavy (non-hydrogen) atoms. The number of rotatable bonds is 5. The van der Waals surface area contributed by atoms with Crippen LogP contribution >= 0.6 is 15.9 Å². The summed E-state index contributed by atoms with van der Waals surface area (Å²) in [6.45, 7) is 3.25. The Bertz CT molecular complexity index is 465. The predicted molar refractivity (Wildman–Crippen MR) is 72.7 cm³/mol. The van der Waals surface area contributed by atoms with E-state index in [1.165, 1.54) is 11.0 Å². The number of aliphatic hydroxyl groups is 1. The molecule has 0 aliphatic carbocycles. The van der Waals surface area contributed by atoms with Crippen LogP contribution < -0.4 is 5.32 Å². The zero-order valence-electron chi connectivity index (χ0n) is 11.1. The van der Waals surface area contributed by atoms with Crippen LogP contribution in [-0.2, 0) is 4.79 Å². The monoisotopic (exact) mass is 332 g/mol. The van der Waals surface area contributed by atoms with Crippen molar-refractivity contribution in [3.63, 3.8) is 0 Å². The molecule has 2 N–H and O–H groups in total. The first kappa shape index (κ1) is 15.7. The van der Waals surface area contributed by atoms with Crippen LogP contribution in [0.15, 0.2) is 21.2 Å². The van der Waals surface area contributed by atoms with Gasteiger partial charge in [0.2, 0.25) is 5.91 Å². The Labute approximate surface area is 119 Å². The summed E-state index contributed by atoms with van der Waals surface area (Å²) >= 11 is 3.09. The molecule has 1 rings (SSSR count). The first-order valence-electron chi connectivity index (χ1n) is 5.69. The molecular weight excluding hydrogens is 316 g/mol. The first-order chi connectivity index (χ1) is 8.69. The molecule has 0 atom stereocenters. The second kappa shape index (κ2) is 6.21. The van der Waals surface area contributed by atoms with Gasteiger partial charge in [0.15, 0.2) is 10.4 Å². The molecule has 1 aromatic heterocycles. The van der Waals surface area contributed by atoms with Crippen molar-refractivity contribution in [3.8, 4) is 0 Å². The van der Waals surface area contributed by atoms with E-state index in [1.807, 2.05) is 0 Å². The SMILES string of the molecule is CN(CC(C)(C)O)C(=O)CNC(=O)c1ccc(Br)o1. The minimum atomic E-state index is -0.972. The topological polar surface area (TPSA) is 82.8 Å². The highest BCUT2D eigenvalue weighted by molar-refractivity contribution is 9.10. The fourth-order valence-electron chi connectivity index (χ4n) is 1.48. The molecule has 0 aromatic carbocycles. The smallest absolute Gasteiger partial charge is 0.287 e. The van der Waals surface area contributed by atoms with Gasteiger partial charge >= 0.3 is 0 Å². The average Bonchev–Trinajstić information content (AvgIpc) is 2.69. The van der Waals surface area contributed by atoms with Crippen LogP contribution in [0.3, 0.4) is 0 Å². The quantitative estimate of drug-likeness (QED) is 0.842. The first-order valence-corrected chi connectivity index (χ1v) is 6.48. The lowest BCUT2D eigenvalue weighted by Crippen LogP contribution is -2.44. The molecule has 0 fully saturated rings. The van der Waals surface area contributed by atoms with E-state index in [1.54, 1.807) is 27.0 Å². The number of hydrogen-bond acceptors (Lipinski definition) is 4. The summed E-state index contributed by atoms with van der Waals surface area (Å²) in [6, 6.07) is 3.10. The van der Waals surface area contributed by atoms with Crippen LogP contribution in [0.4, 0.5) is 0 Å². The molecular formula is C12H17BrN2O4. The highest BCUT2D eigenvalue weighted by Crippen LogP contribution is 2.13. The van der Waals surface area contributed by atoms with E-state index in [2.05, 4.69) is 21.2 Å². The molecule has 0 unspecified atom stereocenters. The molecule has 0 aliphatic heterocycles. The summed E-state index contributed by atoms with van der Waals surface area (Å²) in [5, 5.41) is 12.0. The van der Waals surface area contributed by atoms with E-state index in [0.717, 1.165) is 0 Å². The molecule has 106 valence electrons. The van der Waals surface area contributed by atoms with Crippen LogP contribution in [0, 0.1) is 0 Å². The van der Waals surface area contributed by atoms with Crippen molar-refractivity contribution in [1.82, 2.24) is 10.2 Å². The molecule has 0 aliphatic rings. The molecule has 0 spiro atoms. The molecule has 2 amide bonds. The Kier molecular flexibility index (Phi) is 5.13. The van der Waals surface area contributed by atoms with E-state index >= 15 is 0 Å². The lowest BCUT2D eigenvalue weighted by molar-refractivity contribution is -0.131. The summed E-state index contributed by atoms with van der Waals surface area (Å²) < 4.78 is 5.51. The Hall–Kier alpha value is -1.34. The lowest BCUT2D eigenvalue weighted by atomic mass is 10.1. The van der Waals surface area contributed by atoms with Crippen molar-refractivity contribution in [3.05, 3.63) is 22.6 Å². The van der Waals surface area contributed by atoms with Crippen molar-refractivity contribution in [2.24, 2.45) is 0 Å². The highest BCUT2D eigenvalue weighted by atomic mass is 79.9. The Morgan fingerprint density at radius 2 is 2.11 bits per heavy atom. The number of furan rings is 1. The predicted octanol–water partition coefficient (Wildman–Crippen LogP) is 1.00. The minimum Gasteiger partial charge on any atom is -0.444 e. The zero-order chi connectivity index (χ0) is 14.6. The standard InChI is InChI=1S/C12H17BrN2O4/c1-12(2,18)7-15(3)10(16)6-14-11(17)8-4-5-9(13)19-8/h4-5,18H,6-7H2,1-3H3,(H,14,17). The summed E-state index contributed by atoms with van der Waals surface area (Å²) in [7, 11) is 1.57. The third-order valence-corrected chi connectivity index (χ3v) is 2.67. The van der Waals surface area contributed by atoms with Crippen LogP contribution in [0.1, 0.15) is 24.4 Å². The molecule has 1 aromatic rings. The number of carbonyl (C=O) groups excluding carboxylic acids is 2. The molecule has 0 radical (unpaired) electrons. The number of hydrogen-bond donors (Lipinski definition) is 2. The van der Waals surface area contributed by atoms with Gasteiger partial charge in [-0.05, 0) is 41.9 Å². The molecule has 0 bridgehead atoms. The number of likely N-dealkylation sites (N-methyl/N-ethyl adjacent to an activating group) is 1. The summed E-state index contributed by atoms with van der Waals surface area (Å²) in [4.78, 5) is 24.7. The summed E-state index contributed by atoms with van der Waals surface area (Å²) in [6.07, 6.45) is 0. The van der Waals surface area contributed by atoms with Gasteiger partial charge in [-0.1, -0.05) is 0 Å². The number of halogens is 1. The van der Waals surface area contributed by atoms with Gasteiger partial charge in [-0.3, -0.25) is 9.59 Å². The summed E-state index contributed by atoms with van der Waals surface area (Å²) in [5.74, 6) is -0.623. The largest absolute Gasteiger partial charge is 0.444 e. The van der Waals surface area contributed by atoms with Gasteiger partial charge in [-0.2, -0.15) is 0 Å². The van der Waals surface area contributed by atoms with Crippen LogP contribution in [0.25, 0.3) is 0 Å². The van der Waals surface area contributed by atoms with Crippen LogP contribution in [0.2, 0.25) is 0 Å². The number of nitrogens with zero attached hydrogens (tertiary/aromatic N) is 1. The highest BCUT2D eigenvalue weighted by Gasteiger charge is 2.20.